The van der Waals surface area contributed by atoms with Crippen molar-refractivity contribution in [3.8, 4) is 0 Å². The zero-order valence-corrected chi connectivity index (χ0v) is 10.3. The van der Waals surface area contributed by atoms with Gasteiger partial charge >= 0.3 is 0 Å². The monoisotopic (exact) mass is 246 g/mol. The van der Waals surface area contributed by atoms with Crippen molar-refractivity contribution in [1.82, 2.24) is 15.4 Å². The van der Waals surface area contributed by atoms with Gasteiger partial charge in [-0.1, -0.05) is 6.07 Å². The maximum Gasteiger partial charge on any atom is 0.150 e. The van der Waals surface area contributed by atoms with Gasteiger partial charge in [0.25, 0.3) is 0 Å². The number of benzene rings is 1. The summed E-state index contributed by atoms with van der Waals surface area (Å²) in [5.41, 5.74) is 5.32. The fourth-order valence-electron chi connectivity index (χ4n) is 1.82. The minimum absolute atomic E-state index is 0.267. The first-order chi connectivity index (χ1) is 8.61. The van der Waals surface area contributed by atoms with Crippen LogP contribution in [0.2, 0.25) is 0 Å². The van der Waals surface area contributed by atoms with E-state index >= 15 is 0 Å². The summed E-state index contributed by atoms with van der Waals surface area (Å²) in [6.07, 6.45) is 3.46. The molecule has 0 aliphatic heterocycles. The van der Waals surface area contributed by atoms with Crippen molar-refractivity contribution in [2.75, 3.05) is 0 Å². The van der Waals surface area contributed by atoms with Crippen LogP contribution in [0.25, 0.3) is 0 Å². The molecule has 0 bridgehead atoms. The lowest BCUT2D eigenvalue weighted by Gasteiger charge is -2.17. The Kier molecular flexibility index (Phi) is 3.64. The van der Waals surface area contributed by atoms with Gasteiger partial charge in [0.05, 0.1) is 0 Å². The molecule has 2 rings (SSSR count). The van der Waals surface area contributed by atoms with E-state index in [4.69, 9.17) is 5.84 Å². The SMILES string of the molecule is Cc1cnc(C(NN)c2ccc(F)cc2C)nc1. The second-order valence-corrected chi connectivity index (χ2v) is 4.22. The van der Waals surface area contributed by atoms with Crippen molar-refractivity contribution in [3.63, 3.8) is 0 Å². The molecule has 2 aromatic rings. The second-order valence-electron chi connectivity index (χ2n) is 4.22. The van der Waals surface area contributed by atoms with Gasteiger partial charge in [-0.05, 0) is 42.7 Å². The Morgan fingerprint density at radius 3 is 2.44 bits per heavy atom. The van der Waals surface area contributed by atoms with Gasteiger partial charge in [-0.15, -0.1) is 0 Å². The minimum atomic E-state index is -0.341. The number of rotatable bonds is 3. The molecule has 1 aromatic carbocycles. The summed E-state index contributed by atoms with van der Waals surface area (Å²) in [4.78, 5) is 8.48. The predicted octanol–water partition coefficient (Wildman–Crippen LogP) is 1.79. The highest BCUT2D eigenvalue weighted by Gasteiger charge is 2.17. The molecule has 0 fully saturated rings. The standard InChI is InChI=1S/C13H15FN4/c1-8-6-16-13(17-7-8)12(18-15)11-4-3-10(14)5-9(11)2/h3-7,12,18H,15H2,1-2H3. The predicted molar refractivity (Wildman–Crippen MR) is 67.1 cm³/mol. The Morgan fingerprint density at radius 2 is 1.89 bits per heavy atom. The van der Waals surface area contributed by atoms with Gasteiger partial charge < -0.3 is 0 Å². The van der Waals surface area contributed by atoms with Crippen LogP contribution in [0.15, 0.2) is 30.6 Å². The lowest BCUT2D eigenvalue weighted by atomic mass is 10.0. The van der Waals surface area contributed by atoms with Gasteiger partial charge in [0, 0.05) is 12.4 Å². The van der Waals surface area contributed by atoms with Crippen LogP contribution in [0, 0.1) is 19.7 Å². The molecule has 3 N–H and O–H groups in total. The van der Waals surface area contributed by atoms with Gasteiger partial charge in [0.2, 0.25) is 0 Å². The summed E-state index contributed by atoms with van der Waals surface area (Å²) in [6.45, 7) is 3.74. The van der Waals surface area contributed by atoms with Crippen LogP contribution in [-0.4, -0.2) is 9.97 Å². The maximum absolute atomic E-state index is 13.1. The molecular weight excluding hydrogens is 231 g/mol. The number of aryl methyl sites for hydroxylation is 2. The van der Waals surface area contributed by atoms with E-state index < -0.39 is 0 Å². The average Bonchev–Trinajstić information content (AvgIpc) is 2.35. The van der Waals surface area contributed by atoms with Crippen LogP contribution in [0.3, 0.4) is 0 Å². The fraction of sp³-hybridized carbons (Fsp3) is 0.231. The largest absolute Gasteiger partial charge is 0.270 e. The van der Waals surface area contributed by atoms with Crippen LogP contribution in [-0.2, 0) is 0 Å². The summed E-state index contributed by atoms with van der Waals surface area (Å²) in [5, 5.41) is 0. The lowest BCUT2D eigenvalue weighted by molar-refractivity contribution is 0.590. The van der Waals surface area contributed by atoms with E-state index in [1.54, 1.807) is 18.5 Å². The molecule has 18 heavy (non-hydrogen) atoms. The van der Waals surface area contributed by atoms with Crippen molar-refractivity contribution in [3.05, 3.63) is 58.9 Å². The Morgan fingerprint density at radius 1 is 1.22 bits per heavy atom. The molecule has 1 atom stereocenters. The molecule has 5 heteroatoms. The van der Waals surface area contributed by atoms with Crippen molar-refractivity contribution in [1.29, 1.82) is 0 Å². The molecule has 0 aliphatic rings. The van der Waals surface area contributed by atoms with Crippen LogP contribution in [0.4, 0.5) is 4.39 Å². The lowest BCUT2D eigenvalue weighted by Crippen LogP contribution is -2.30. The second kappa shape index (κ2) is 5.20. The molecule has 1 aromatic heterocycles. The smallest absolute Gasteiger partial charge is 0.150 e. The molecule has 4 nitrogen and oxygen atoms in total. The van der Waals surface area contributed by atoms with E-state index in [1.807, 2.05) is 13.8 Å². The van der Waals surface area contributed by atoms with E-state index in [-0.39, 0.29) is 11.9 Å². The van der Waals surface area contributed by atoms with Gasteiger partial charge in [-0.2, -0.15) is 0 Å². The Balaban J connectivity index is 2.41. The molecule has 0 saturated heterocycles. The summed E-state index contributed by atoms with van der Waals surface area (Å²) < 4.78 is 13.1. The first-order valence-electron chi connectivity index (χ1n) is 5.62. The van der Waals surface area contributed by atoms with E-state index in [1.165, 1.54) is 12.1 Å². The highest BCUT2D eigenvalue weighted by atomic mass is 19.1. The molecule has 1 unspecified atom stereocenters. The van der Waals surface area contributed by atoms with Crippen LogP contribution in [0.1, 0.15) is 28.6 Å². The number of aromatic nitrogens is 2. The third kappa shape index (κ3) is 2.52. The molecule has 0 radical (unpaired) electrons. The molecule has 0 saturated carbocycles. The average molecular weight is 246 g/mol. The number of nitrogens with two attached hydrogens (primary N) is 1. The number of hydrogen-bond donors (Lipinski definition) is 2. The third-order valence-electron chi connectivity index (χ3n) is 2.77. The number of nitrogens with zero attached hydrogens (tertiary/aromatic N) is 2. The number of hydrazine groups is 1. The van der Waals surface area contributed by atoms with Gasteiger partial charge in [-0.3, -0.25) is 5.84 Å². The Labute approximate surface area is 105 Å². The molecular formula is C13H15FN4. The fourth-order valence-corrected chi connectivity index (χ4v) is 1.82. The summed E-state index contributed by atoms with van der Waals surface area (Å²) in [6, 6.07) is 4.22. The van der Waals surface area contributed by atoms with E-state index in [2.05, 4.69) is 15.4 Å². The molecule has 1 heterocycles. The minimum Gasteiger partial charge on any atom is -0.270 e. The topological polar surface area (TPSA) is 63.8 Å². The number of hydrogen-bond acceptors (Lipinski definition) is 4. The summed E-state index contributed by atoms with van der Waals surface area (Å²) >= 11 is 0. The molecule has 0 aliphatic carbocycles. The first kappa shape index (κ1) is 12.6. The Hall–Kier alpha value is -1.85. The highest BCUT2D eigenvalue weighted by Crippen LogP contribution is 2.22. The van der Waals surface area contributed by atoms with Crippen LogP contribution < -0.4 is 11.3 Å². The van der Waals surface area contributed by atoms with Crippen LogP contribution >= 0.6 is 0 Å². The van der Waals surface area contributed by atoms with Crippen molar-refractivity contribution in [2.45, 2.75) is 19.9 Å². The van der Waals surface area contributed by atoms with Gasteiger partial charge in [-0.25, -0.2) is 19.8 Å². The summed E-state index contributed by atoms with van der Waals surface area (Å²) in [5.74, 6) is 5.86. The number of nitrogens with one attached hydrogen (secondary N) is 1. The molecule has 94 valence electrons. The summed E-state index contributed by atoms with van der Waals surface area (Å²) in [7, 11) is 0. The quantitative estimate of drug-likeness (QED) is 0.640. The number of halogens is 1. The zero-order chi connectivity index (χ0) is 13.1. The van der Waals surface area contributed by atoms with Crippen molar-refractivity contribution in [2.24, 2.45) is 5.84 Å². The van der Waals surface area contributed by atoms with E-state index in [9.17, 15) is 4.39 Å². The van der Waals surface area contributed by atoms with Crippen molar-refractivity contribution < 1.29 is 4.39 Å². The van der Waals surface area contributed by atoms with Gasteiger partial charge in [0.1, 0.15) is 11.9 Å². The van der Waals surface area contributed by atoms with Crippen LogP contribution in [0.5, 0.6) is 0 Å². The normalized spacial score (nSPS) is 12.4. The zero-order valence-electron chi connectivity index (χ0n) is 10.3. The third-order valence-corrected chi connectivity index (χ3v) is 2.77. The highest BCUT2D eigenvalue weighted by molar-refractivity contribution is 5.33. The molecule has 0 amide bonds. The Bertz CT molecular complexity index is 539. The first-order valence-corrected chi connectivity index (χ1v) is 5.62. The van der Waals surface area contributed by atoms with Gasteiger partial charge in [0.15, 0.2) is 5.82 Å². The maximum atomic E-state index is 13.1. The van der Waals surface area contributed by atoms with E-state index in [0.717, 1.165) is 16.7 Å². The van der Waals surface area contributed by atoms with E-state index in [0.29, 0.717) is 5.82 Å². The van der Waals surface area contributed by atoms with Crippen molar-refractivity contribution >= 4 is 0 Å². The molecule has 0 spiro atoms.